The minimum atomic E-state index is 0. The molecule has 2 aliphatic heterocycles. The van der Waals surface area contributed by atoms with Crippen LogP contribution in [0.15, 0.2) is 109 Å². The summed E-state index contributed by atoms with van der Waals surface area (Å²) in [7, 11) is 0. The quantitative estimate of drug-likeness (QED) is 0.116. The summed E-state index contributed by atoms with van der Waals surface area (Å²) in [6.45, 7) is 13.3. The Hall–Kier alpha value is -6.44. The predicted octanol–water partition coefficient (Wildman–Crippen LogP) is 14.1. The Balaban J connectivity index is 0.00000533. The van der Waals surface area contributed by atoms with Crippen LogP contribution in [0, 0.1) is 41.5 Å². The molecule has 0 radical (unpaired) electrons. The number of aryl methyl sites for hydroxylation is 6. The second-order valence-electron chi connectivity index (χ2n) is 16.5. The number of hydrogen-bond acceptors (Lipinski definition) is 5. The zero-order chi connectivity index (χ0) is 44.2. The summed E-state index contributed by atoms with van der Waals surface area (Å²) in [4.78, 5) is 30.5. The van der Waals surface area contributed by atoms with Gasteiger partial charge in [-0.15, -0.1) is 22.1 Å². The maximum atomic E-state index is 6.92. The summed E-state index contributed by atoms with van der Waals surface area (Å²) in [5.74, 6) is 0.771. The van der Waals surface area contributed by atoms with E-state index in [0.29, 0.717) is 28.9 Å². The first-order chi connectivity index (χ1) is 31.0. The number of benzene rings is 4. The van der Waals surface area contributed by atoms with E-state index >= 15 is 0 Å². The zero-order valence-electron chi connectivity index (χ0n) is 37.0. The van der Waals surface area contributed by atoms with Crippen LogP contribution in [0.1, 0.15) is 61.7 Å². The Kier molecular flexibility index (Phi) is 12.0. The molecule has 10 rings (SSSR count). The molecule has 0 atom stereocenters. The van der Waals surface area contributed by atoms with Gasteiger partial charge in [0.25, 0.3) is 0 Å². The van der Waals surface area contributed by atoms with Gasteiger partial charge >= 0.3 is 19.5 Å². The number of ether oxygens (including phenoxy) is 1. The van der Waals surface area contributed by atoms with Crippen molar-refractivity contribution < 1.29 is 24.2 Å². The average Bonchev–Trinajstić information content (AvgIpc) is 4.11. The van der Waals surface area contributed by atoms with Gasteiger partial charge in [-0.25, -0.2) is 19.9 Å². The summed E-state index contributed by atoms with van der Waals surface area (Å²) in [6, 6.07) is 35.4. The Labute approximate surface area is 401 Å². The maximum Gasteiger partial charge on any atom is 2.00 e. The normalized spacial score (nSPS) is 11.8. The first-order valence-corrected chi connectivity index (χ1v) is 21.9. The van der Waals surface area contributed by atoms with Gasteiger partial charge in [-0.3, -0.25) is 0 Å². The first-order valence-electron chi connectivity index (χ1n) is 21.2. The third-order valence-electron chi connectivity index (χ3n) is 11.9. The molecule has 0 amide bonds. The maximum absolute atomic E-state index is 6.92. The van der Waals surface area contributed by atoms with E-state index in [-0.39, 0.29) is 29.8 Å². The summed E-state index contributed by atoms with van der Waals surface area (Å²) in [5.41, 5.74) is 20.6. The molecule has 7 nitrogen and oxygen atoms in total. The molecule has 314 valence electrons. The molecule has 8 aromatic rings. The van der Waals surface area contributed by atoms with Crippen molar-refractivity contribution in [3.05, 3.63) is 181 Å². The molecule has 2 aliphatic rings. The number of aromatic nitrogens is 6. The minimum Gasteiger partial charge on any atom is -0.657 e. The van der Waals surface area contributed by atoms with Crippen LogP contribution in [0.3, 0.4) is 0 Å². The minimum absolute atomic E-state index is 0. The fourth-order valence-electron chi connectivity index (χ4n) is 9.31. The van der Waals surface area contributed by atoms with Crippen LogP contribution < -0.4 is 14.7 Å². The van der Waals surface area contributed by atoms with Gasteiger partial charge in [-0.05, 0) is 145 Å². The monoisotopic (exact) mass is 936 g/mol. The van der Waals surface area contributed by atoms with Crippen molar-refractivity contribution in [2.24, 2.45) is 0 Å². The summed E-state index contributed by atoms with van der Waals surface area (Å²) in [5, 5.41) is 0.400. The van der Waals surface area contributed by atoms with E-state index in [1.54, 1.807) is 0 Å². The molecule has 0 unspecified atom stereocenters. The fraction of sp³-hybridized carbons (Fsp3) is 0.127. The van der Waals surface area contributed by atoms with Crippen molar-refractivity contribution >= 4 is 69.6 Å². The van der Waals surface area contributed by atoms with Crippen molar-refractivity contribution in [2.45, 2.75) is 48.1 Å². The topological polar surface area (TPSA) is 89.0 Å². The number of halogens is 2. The Bertz CT molecular complexity index is 3300. The molecule has 0 saturated heterocycles. The van der Waals surface area contributed by atoms with Crippen LogP contribution in [-0.2, 0) is 26.1 Å². The molecular weight excluding hydrogens is 897 g/mol. The molecule has 8 bridgehead atoms. The summed E-state index contributed by atoms with van der Waals surface area (Å²) < 4.78 is 6.23. The van der Waals surface area contributed by atoms with E-state index in [1.807, 2.05) is 54.6 Å². The molecular formula is C55H42Cl2N6OZn. The molecule has 0 N–H and O–H groups in total. The van der Waals surface area contributed by atoms with E-state index in [0.717, 1.165) is 101 Å². The van der Waals surface area contributed by atoms with Crippen LogP contribution in [0.4, 0.5) is 0 Å². The number of hydrogen-bond donors (Lipinski definition) is 0. The van der Waals surface area contributed by atoms with E-state index in [4.69, 9.17) is 47.9 Å². The van der Waals surface area contributed by atoms with Gasteiger partial charge in [0.2, 0.25) is 0 Å². The van der Waals surface area contributed by atoms with E-state index in [2.05, 4.69) is 124 Å². The molecule has 65 heavy (non-hydrogen) atoms. The molecule has 0 spiro atoms. The second-order valence-corrected chi connectivity index (χ2v) is 17.3. The number of nitrogens with zero attached hydrogens (tertiary/aromatic N) is 6. The van der Waals surface area contributed by atoms with Crippen LogP contribution in [0.25, 0.3) is 90.9 Å². The largest absolute Gasteiger partial charge is 2.00 e. The summed E-state index contributed by atoms with van der Waals surface area (Å²) in [6.07, 6.45) is 9.55. The molecule has 4 aromatic heterocycles. The average molecular weight is 939 g/mol. The summed E-state index contributed by atoms with van der Waals surface area (Å²) >= 11 is 13.8. The van der Waals surface area contributed by atoms with Crippen molar-refractivity contribution in [2.75, 3.05) is 0 Å². The smallest absolute Gasteiger partial charge is 0.657 e. The number of fused-ring (bicyclic) bond motifs is 8. The van der Waals surface area contributed by atoms with Crippen molar-refractivity contribution in [3.63, 3.8) is 0 Å². The van der Waals surface area contributed by atoms with E-state index < -0.39 is 0 Å². The Morgan fingerprint density at radius 3 is 1.31 bits per heavy atom. The van der Waals surface area contributed by atoms with Crippen LogP contribution >= 0.6 is 23.2 Å². The third kappa shape index (κ3) is 8.27. The van der Waals surface area contributed by atoms with Gasteiger partial charge in [-0.1, -0.05) is 125 Å². The van der Waals surface area contributed by atoms with Crippen LogP contribution in [0.2, 0.25) is 10.3 Å². The molecule has 10 heteroatoms. The third-order valence-corrected chi connectivity index (χ3v) is 12.4. The van der Waals surface area contributed by atoms with Gasteiger partial charge in [-0.2, -0.15) is 0 Å². The van der Waals surface area contributed by atoms with Gasteiger partial charge in [0.15, 0.2) is 0 Å². The Morgan fingerprint density at radius 1 is 0.462 bits per heavy atom. The molecule has 6 heterocycles. The zero-order valence-corrected chi connectivity index (χ0v) is 41.4. The standard InChI is InChI=1S/C55H42Cl2N6O.Zn/c1-30-24-32(3)47(33(4)25-30)50-41-18-16-39(60-41)49(37-12-14-38(15-13-37)64-28-36-10-8-7-9-11-36)40-17-19-42(61-40)51(48-34(5)26-31(2)27-35(48)6)44-21-23-46(63-44)52(45-22-20-43(50)62-45)53-54(56)58-29-59-55(53)57;/h7-27,29H,28H2,1-6H3;/q-2;+2. The second kappa shape index (κ2) is 17.9. The number of rotatable bonds is 7. The van der Waals surface area contributed by atoms with Crippen LogP contribution in [-0.4, -0.2) is 19.9 Å². The van der Waals surface area contributed by atoms with E-state index in [9.17, 15) is 0 Å². The van der Waals surface area contributed by atoms with Gasteiger partial charge in [0.05, 0.1) is 28.3 Å². The van der Waals surface area contributed by atoms with Crippen molar-refractivity contribution in [1.29, 1.82) is 0 Å². The van der Waals surface area contributed by atoms with E-state index in [1.165, 1.54) is 17.5 Å². The van der Waals surface area contributed by atoms with Gasteiger partial charge in [0, 0.05) is 0 Å². The fourth-order valence-corrected chi connectivity index (χ4v) is 9.81. The Morgan fingerprint density at radius 2 is 0.862 bits per heavy atom. The van der Waals surface area contributed by atoms with Gasteiger partial charge in [0.1, 0.15) is 29.0 Å². The van der Waals surface area contributed by atoms with Gasteiger partial charge < -0.3 is 14.7 Å². The van der Waals surface area contributed by atoms with Crippen molar-refractivity contribution in [1.82, 2.24) is 29.9 Å². The van der Waals surface area contributed by atoms with Crippen molar-refractivity contribution in [3.8, 4) is 50.3 Å². The van der Waals surface area contributed by atoms with Crippen LogP contribution in [0.5, 0.6) is 5.75 Å². The first kappa shape index (κ1) is 43.8. The SMILES string of the molecule is Cc1cc(C)c(-c2c3nc(c(-c4c(Cl)ncnc4Cl)c4ccc([n-]4)c(-c4c(C)cc(C)cc4C)c4nc(c(-c5ccc(OCc6ccccc6)cc5)c5ccc2[n-]5)C=C4)C=C3)c(C)c1.[Zn+2]. The molecule has 0 aliphatic carbocycles. The molecule has 4 aromatic carbocycles. The molecule has 0 saturated carbocycles. The predicted molar refractivity (Wildman–Crippen MR) is 263 cm³/mol. The molecule has 0 fully saturated rings.